The maximum absolute atomic E-state index is 12.1. The Hall–Kier alpha value is -1.23. The van der Waals surface area contributed by atoms with Crippen molar-refractivity contribution in [3.8, 4) is 0 Å². The van der Waals surface area contributed by atoms with Gasteiger partial charge in [0.2, 0.25) is 0 Å². The number of nitrogens with zero attached hydrogens (tertiary/aromatic N) is 1. The number of benzene rings is 1. The van der Waals surface area contributed by atoms with Crippen LogP contribution in [-0.4, -0.2) is 52.7 Å². The van der Waals surface area contributed by atoms with E-state index >= 15 is 0 Å². The summed E-state index contributed by atoms with van der Waals surface area (Å²) in [7, 11) is 0. The summed E-state index contributed by atoms with van der Waals surface area (Å²) in [5, 5.41) is 18.9. The van der Waals surface area contributed by atoms with E-state index in [9.17, 15) is 15.0 Å². The Labute approximate surface area is 107 Å². The van der Waals surface area contributed by atoms with Gasteiger partial charge in [-0.3, -0.25) is 9.69 Å². The SMILES string of the molecule is Cc1ccc(C(=O)CN2CC(O)C(O)C2)c(C)c1. The van der Waals surface area contributed by atoms with Crippen LogP contribution in [0.25, 0.3) is 0 Å². The number of carbonyl (C=O) groups is 1. The molecule has 0 spiro atoms. The fourth-order valence-electron chi connectivity index (χ4n) is 2.39. The highest BCUT2D eigenvalue weighted by Gasteiger charge is 2.30. The van der Waals surface area contributed by atoms with Crippen molar-refractivity contribution in [3.05, 3.63) is 34.9 Å². The average Bonchev–Trinajstić information content (AvgIpc) is 2.57. The third-order valence-corrected chi connectivity index (χ3v) is 3.38. The number of ketones is 1. The fraction of sp³-hybridized carbons (Fsp3) is 0.500. The molecule has 1 aromatic rings. The Bertz CT molecular complexity index is 448. The second kappa shape index (κ2) is 5.18. The molecule has 0 aromatic heterocycles. The molecule has 2 atom stereocenters. The first kappa shape index (κ1) is 13.2. The number of Topliss-reactive ketones (excluding diaryl/α,β-unsaturated/α-hetero) is 1. The van der Waals surface area contributed by atoms with Gasteiger partial charge in [-0.2, -0.15) is 0 Å². The van der Waals surface area contributed by atoms with Gasteiger partial charge < -0.3 is 10.2 Å². The zero-order chi connectivity index (χ0) is 13.3. The van der Waals surface area contributed by atoms with Gasteiger partial charge >= 0.3 is 0 Å². The number of β-amino-alcohol motifs (C(OH)–C–C–N with tert-alkyl or cyclic N) is 2. The van der Waals surface area contributed by atoms with Crippen molar-refractivity contribution >= 4 is 5.78 Å². The fourth-order valence-corrected chi connectivity index (χ4v) is 2.39. The molecule has 4 nitrogen and oxygen atoms in total. The van der Waals surface area contributed by atoms with Crippen molar-refractivity contribution in [2.45, 2.75) is 26.1 Å². The maximum Gasteiger partial charge on any atom is 0.177 e. The second-order valence-electron chi connectivity index (χ2n) is 5.07. The number of carbonyl (C=O) groups excluding carboxylic acids is 1. The van der Waals surface area contributed by atoms with E-state index in [1.165, 1.54) is 0 Å². The van der Waals surface area contributed by atoms with Gasteiger partial charge in [-0.15, -0.1) is 0 Å². The molecule has 1 aliphatic rings. The van der Waals surface area contributed by atoms with Gasteiger partial charge in [0, 0.05) is 18.7 Å². The highest BCUT2D eigenvalue weighted by molar-refractivity contribution is 5.99. The van der Waals surface area contributed by atoms with E-state index in [2.05, 4.69) is 0 Å². The summed E-state index contributed by atoms with van der Waals surface area (Å²) in [6, 6.07) is 5.75. The van der Waals surface area contributed by atoms with Crippen molar-refractivity contribution in [1.29, 1.82) is 0 Å². The highest BCUT2D eigenvalue weighted by atomic mass is 16.3. The van der Waals surface area contributed by atoms with Crippen LogP contribution in [0.15, 0.2) is 18.2 Å². The van der Waals surface area contributed by atoms with Crippen molar-refractivity contribution in [3.63, 3.8) is 0 Å². The molecule has 1 saturated heterocycles. The van der Waals surface area contributed by atoms with E-state index in [0.29, 0.717) is 13.1 Å². The van der Waals surface area contributed by atoms with Crippen molar-refractivity contribution < 1.29 is 15.0 Å². The molecule has 18 heavy (non-hydrogen) atoms. The zero-order valence-electron chi connectivity index (χ0n) is 10.8. The van der Waals surface area contributed by atoms with Crippen LogP contribution in [0.5, 0.6) is 0 Å². The number of hydrogen-bond acceptors (Lipinski definition) is 4. The largest absolute Gasteiger partial charge is 0.389 e. The molecule has 1 aromatic carbocycles. The third-order valence-electron chi connectivity index (χ3n) is 3.38. The summed E-state index contributed by atoms with van der Waals surface area (Å²) < 4.78 is 0. The minimum Gasteiger partial charge on any atom is -0.389 e. The first-order chi connectivity index (χ1) is 8.47. The molecule has 1 fully saturated rings. The molecule has 4 heteroatoms. The van der Waals surface area contributed by atoms with Gasteiger partial charge in [0.25, 0.3) is 0 Å². The molecule has 0 bridgehead atoms. The molecule has 98 valence electrons. The molecule has 0 saturated carbocycles. The Morgan fingerprint density at radius 1 is 1.28 bits per heavy atom. The summed E-state index contributed by atoms with van der Waals surface area (Å²) in [5.74, 6) is 0.0359. The number of aliphatic hydroxyl groups is 2. The van der Waals surface area contributed by atoms with E-state index in [1.807, 2.05) is 32.0 Å². The number of rotatable bonds is 3. The zero-order valence-corrected chi connectivity index (χ0v) is 10.8. The predicted octanol–water partition coefficient (Wildman–Crippen LogP) is 0.524. The highest BCUT2D eigenvalue weighted by Crippen LogP contribution is 2.14. The van der Waals surface area contributed by atoms with Gasteiger partial charge in [-0.05, 0) is 19.4 Å². The molecule has 2 rings (SSSR count). The second-order valence-corrected chi connectivity index (χ2v) is 5.07. The van der Waals surface area contributed by atoms with Crippen molar-refractivity contribution in [2.24, 2.45) is 0 Å². The van der Waals surface area contributed by atoms with Crippen LogP contribution in [-0.2, 0) is 0 Å². The average molecular weight is 249 g/mol. The topological polar surface area (TPSA) is 60.8 Å². The molecular formula is C14H19NO3. The lowest BCUT2D eigenvalue weighted by Gasteiger charge is -2.14. The quantitative estimate of drug-likeness (QED) is 0.767. The van der Waals surface area contributed by atoms with Gasteiger partial charge in [0.1, 0.15) is 0 Å². The van der Waals surface area contributed by atoms with Gasteiger partial charge in [0.15, 0.2) is 5.78 Å². The van der Waals surface area contributed by atoms with E-state index in [-0.39, 0.29) is 12.3 Å². The maximum atomic E-state index is 12.1. The Morgan fingerprint density at radius 3 is 2.44 bits per heavy atom. The third kappa shape index (κ3) is 2.77. The molecule has 1 heterocycles. The summed E-state index contributed by atoms with van der Waals surface area (Å²) >= 11 is 0. The molecule has 0 aliphatic carbocycles. The first-order valence-electron chi connectivity index (χ1n) is 6.16. The minimum atomic E-state index is -0.739. The summed E-state index contributed by atoms with van der Waals surface area (Å²) in [5.41, 5.74) is 2.83. The Balaban J connectivity index is 2.04. The summed E-state index contributed by atoms with van der Waals surface area (Å²) in [6.07, 6.45) is -1.48. The summed E-state index contributed by atoms with van der Waals surface area (Å²) in [6.45, 7) is 4.88. The lowest BCUT2D eigenvalue weighted by atomic mass is 10.0. The number of aryl methyl sites for hydroxylation is 2. The molecule has 1 aliphatic heterocycles. The predicted molar refractivity (Wildman–Crippen MR) is 68.7 cm³/mol. The van der Waals surface area contributed by atoms with Crippen LogP contribution in [0, 0.1) is 13.8 Å². The standard InChI is InChI=1S/C14H19NO3/c1-9-3-4-11(10(2)5-9)12(16)6-15-7-13(17)14(18)8-15/h3-5,13-14,17-18H,6-8H2,1-2H3. The lowest BCUT2D eigenvalue weighted by molar-refractivity contribution is 0.0572. The van der Waals surface area contributed by atoms with Crippen molar-refractivity contribution in [2.75, 3.05) is 19.6 Å². The van der Waals surface area contributed by atoms with Crippen LogP contribution >= 0.6 is 0 Å². The number of hydrogen-bond donors (Lipinski definition) is 2. The van der Waals surface area contributed by atoms with Crippen LogP contribution in [0.2, 0.25) is 0 Å². The van der Waals surface area contributed by atoms with Gasteiger partial charge in [-0.25, -0.2) is 0 Å². The minimum absolute atomic E-state index is 0.0359. The van der Waals surface area contributed by atoms with Gasteiger partial charge in [-0.1, -0.05) is 23.8 Å². The normalized spacial score (nSPS) is 24.4. The van der Waals surface area contributed by atoms with Crippen LogP contribution in [0.4, 0.5) is 0 Å². The van der Waals surface area contributed by atoms with Crippen LogP contribution in [0.3, 0.4) is 0 Å². The molecule has 2 N–H and O–H groups in total. The lowest BCUT2D eigenvalue weighted by Crippen LogP contribution is -2.29. The molecule has 2 unspecified atom stereocenters. The van der Waals surface area contributed by atoms with Crippen LogP contribution in [0.1, 0.15) is 21.5 Å². The molecular weight excluding hydrogens is 230 g/mol. The van der Waals surface area contributed by atoms with E-state index in [0.717, 1.165) is 16.7 Å². The van der Waals surface area contributed by atoms with E-state index in [1.54, 1.807) is 4.90 Å². The van der Waals surface area contributed by atoms with E-state index < -0.39 is 12.2 Å². The molecule has 0 amide bonds. The Morgan fingerprint density at radius 2 is 1.89 bits per heavy atom. The van der Waals surface area contributed by atoms with Crippen molar-refractivity contribution in [1.82, 2.24) is 4.90 Å². The molecule has 0 radical (unpaired) electrons. The van der Waals surface area contributed by atoms with Crippen LogP contribution < -0.4 is 0 Å². The first-order valence-corrected chi connectivity index (χ1v) is 6.16. The van der Waals surface area contributed by atoms with E-state index in [4.69, 9.17) is 0 Å². The monoisotopic (exact) mass is 249 g/mol. The van der Waals surface area contributed by atoms with Gasteiger partial charge in [0.05, 0.1) is 18.8 Å². The summed E-state index contributed by atoms with van der Waals surface area (Å²) in [4.78, 5) is 13.9. The number of aliphatic hydroxyl groups excluding tert-OH is 2. The number of likely N-dealkylation sites (tertiary alicyclic amines) is 1. The Kier molecular flexibility index (Phi) is 3.80. The smallest absolute Gasteiger partial charge is 0.177 e.